The summed E-state index contributed by atoms with van der Waals surface area (Å²) in [7, 11) is 0. The predicted octanol–water partition coefficient (Wildman–Crippen LogP) is 2.76. The van der Waals surface area contributed by atoms with Crippen LogP contribution in [0.15, 0.2) is 0 Å². The second-order valence-corrected chi connectivity index (χ2v) is 5.48. The Balaban J connectivity index is 1.96. The molecular formula is C8H13ClS. The quantitative estimate of drug-likeness (QED) is 0.554. The zero-order valence-electron chi connectivity index (χ0n) is 6.27. The minimum atomic E-state index is 0.714. The second kappa shape index (κ2) is 2.31. The molecule has 2 fully saturated rings. The van der Waals surface area contributed by atoms with Gasteiger partial charge in [0.1, 0.15) is 0 Å². The summed E-state index contributed by atoms with van der Waals surface area (Å²) in [6, 6.07) is 0. The van der Waals surface area contributed by atoms with Crippen molar-refractivity contribution in [3.63, 3.8) is 0 Å². The maximum absolute atomic E-state index is 5.81. The van der Waals surface area contributed by atoms with Crippen LogP contribution < -0.4 is 0 Å². The molecule has 2 heteroatoms. The molecule has 3 unspecified atom stereocenters. The van der Waals surface area contributed by atoms with Gasteiger partial charge in [0.2, 0.25) is 0 Å². The number of thioether (sulfide) groups is 1. The molecule has 0 N–H and O–H groups in total. The lowest BCUT2D eigenvalue weighted by molar-refractivity contribution is 0.512. The van der Waals surface area contributed by atoms with E-state index in [-0.39, 0.29) is 0 Å². The first-order valence-corrected chi connectivity index (χ1v) is 5.53. The van der Waals surface area contributed by atoms with Gasteiger partial charge in [0.15, 0.2) is 0 Å². The highest BCUT2D eigenvalue weighted by atomic mass is 35.5. The Kier molecular flexibility index (Phi) is 1.69. The predicted molar refractivity (Wildman–Crippen MR) is 47.8 cm³/mol. The van der Waals surface area contributed by atoms with E-state index < -0.39 is 0 Å². The lowest BCUT2D eigenvalue weighted by atomic mass is 10.0. The molecule has 0 aromatic heterocycles. The Labute approximate surface area is 71.7 Å². The summed E-state index contributed by atoms with van der Waals surface area (Å²) in [4.78, 5) is 0. The Morgan fingerprint density at radius 2 is 2.40 bits per heavy atom. The maximum atomic E-state index is 5.81. The van der Waals surface area contributed by atoms with Crippen LogP contribution in [0.3, 0.4) is 0 Å². The molecule has 1 spiro atoms. The van der Waals surface area contributed by atoms with Crippen LogP contribution in [-0.2, 0) is 0 Å². The minimum absolute atomic E-state index is 0.714. The lowest BCUT2D eigenvalue weighted by Gasteiger charge is -2.04. The van der Waals surface area contributed by atoms with Gasteiger partial charge in [-0.2, -0.15) is 11.8 Å². The standard InChI is InChI=1S/C8H13ClS/c1-6-2-8(5-10-6)3-7(8)4-9/h6-7H,2-5H2,1H3. The number of hydrogen-bond donors (Lipinski definition) is 0. The molecule has 0 aromatic rings. The topological polar surface area (TPSA) is 0 Å². The number of hydrogen-bond acceptors (Lipinski definition) is 1. The van der Waals surface area contributed by atoms with Gasteiger partial charge in [0.05, 0.1) is 0 Å². The molecule has 0 amide bonds. The molecule has 58 valence electrons. The first-order chi connectivity index (χ1) is 4.77. The molecule has 1 aliphatic heterocycles. The van der Waals surface area contributed by atoms with Crippen molar-refractivity contribution in [2.75, 3.05) is 11.6 Å². The Bertz CT molecular complexity index is 148. The van der Waals surface area contributed by atoms with Crippen LogP contribution in [0.25, 0.3) is 0 Å². The summed E-state index contributed by atoms with van der Waals surface area (Å²) >= 11 is 7.93. The minimum Gasteiger partial charge on any atom is -0.158 e. The van der Waals surface area contributed by atoms with Crippen molar-refractivity contribution in [2.24, 2.45) is 11.3 Å². The zero-order chi connectivity index (χ0) is 7.19. The fourth-order valence-corrected chi connectivity index (χ4v) is 4.05. The van der Waals surface area contributed by atoms with Gasteiger partial charge in [-0.1, -0.05) is 6.92 Å². The third-order valence-electron chi connectivity index (χ3n) is 2.89. The van der Waals surface area contributed by atoms with Gasteiger partial charge in [0.25, 0.3) is 0 Å². The van der Waals surface area contributed by atoms with Crippen molar-refractivity contribution in [1.82, 2.24) is 0 Å². The van der Waals surface area contributed by atoms with Crippen molar-refractivity contribution in [3.8, 4) is 0 Å². The molecule has 0 radical (unpaired) electrons. The molecule has 1 saturated carbocycles. The van der Waals surface area contributed by atoms with E-state index in [1.165, 1.54) is 18.6 Å². The number of halogens is 1. The van der Waals surface area contributed by atoms with Crippen molar-refractivity contribution < 1.29 is 0 Å². The molecule has 1 saturated heterocycles. The van der Waals surface area contributed by atoms with Crippen molar-refractivity contribution in [3.05, 3.63) is 0 Å². The molecule has 0 aromatic carbocycles. The molecule has 0 bridgehead atoms. The van der Waals surface area contributed by atoms with Crippen LogP contribution in [0.4, 0.5) is 0 Å². The van der Waals surface area contributed by atoms with Gasteiger partial charge in [-0.3, -0.25) is 0 Å². The Morgan fingerprint density at radius 1 is 1.60 bits per heavy atom. The van der Waals surface area contributed by atoms with E-state index in [9.17, 15) is 0 Å². The van der Waals surface area contributed by atoms with Crippen LogP contribution in [0.1, 0.15) is 19.8 Å². The first-order valence-electron chi connectivity index (χ1n) is 3.94. The lowest BCUT2D eigenvalue weighted by Crippen LogP contribution is -2.03. The highest BCUT2D eigenvalue weighted by Crippen LogP contribution is 2.63. The summed E-state index contributed by atoms with van der Waals surface area (Å²) in [5.74, 6) is 3.14. The summed E-state index contributed by atoms with van der Waals surface area (Å²) < 4.78 is 0. The van der Waals surface area contributed by atoms with Gasteiger partial charge in [0, 0.05) is 11.1 Å². The normalized spacial score (nSPS) is 52.2. The highest BCUT2D eigenvalue weighted by Gasteiger charge is 2.56. The molecular weight excluding hydrogens is 164 g/mol. The van der Waals surface area contributed by atoms with Crippen LogP contribution in [-0.4, -0.2) is 16.9 Å². The third kappa shape index (κ3) is 0.984. The molecule has 10 heavy (non-hydrogen) atoms. The van der Waals surface area contributed by atoms with Crippen molar-refractivity contribution in [1.29, 1.82) is 0 Å². The van der Waals surface area contributed by atoms with Crippen molar-refractivity contribution in [2.45, 2.75) is 25.0 Å². The molecule has 3 atom stereocenters. The van der Waals surface area contributed by atoms with Gasteiger partial charge in [-0.25, -0.2) is 0 Å². The Morgan fingerprint density at radius 3 is 2.80 bits per heavy atom. The number of alkyl halides is 1. The summed E-state index contributed by atoms with van der Waals surface area (Å²) in [6.45, 7) is 2.34. The van der Waals surface area contributed by atoms with E-state index in [1.54, 1.807) is 0 Å². The molecule has 0 nitrogen and oxygen atoms in total. The molecule has 2 aliphatic rings. The van der Waals surface area contributed by atoms with Crippen molar-refractivity contribution >= 4 is 23.4 Å². The van der Waals surface area contributed by atoms with Gasteiger partial charge in [-0.05, 0) is 29.9 Å². The third-order valence-corrected chi connectivity index (χ3v) is 4.74. The second-order valence-electron chi connectivity index (χ2n) is 3.74. The van der Waals surface area contributed by atoms with E-state index in [0.717, 1.165) is 17.0 Å². The van der Waals surface area contributed by atoms with E-state index >= 15 is 0 Å². The van der Waals surface area contributed by atoms with E-state index in [1.807, 2.05) is 0 Å². The van der Waals surface area contributed by atoms with Crippen LogP contribution in [0.5, 0.6) is 0 Å². The monoisotopic (exact) mass is 176 g/mol. The molecule has 2 rings (SSSR count). The van der Waals surface area contributed by atoms with Crippen LogP contribution >= 0.6 is 23.4 Å². The van der Waals surface area contributed by atoms with Gasteiger partial charge in [-0.15, -0.1) is 11.6 Å². The first kappa shape index (κ1) is 7.30. The van der Waals surface area contributed by atoms with Crippen LogP contribution in [0.2, 0.25) is 0 Å². The summed E-state index contributed by atoms with van der Waals surface area (Å²) in [5, 5.41) is 0.896. The van der Waals surface area contributed by atoms with E-state index in [0.29, 0.717) is 5.41 Å². The Hall–Kier alpha value is 0.640. The molecule has 1 heterocycles. The fraction of sp³-hybridized carbons (Fsp3) is 1.00. The van der Waals surface area contributed by atoms with Gasteiger partial charge < -0.3 is 0 Å². The fourth-order valence-electron chi connectivity index (χ4n) is 2.08. The largest absolute Gasteiger partial charge is 0.158 e. The van der Waals surface area contributed by atoms with E-state index in [4.69, 9.17) is 11.6 Å². The SMILES string of the molecule is CC1CC2(CS1)CC2CCl. The summed E-state index contributed by atoms with van der Waals surface area (Å²) in [5.41, 5.74) is 0.714. The smallest absolute Gasteiger partial charge is 0.0257 e. The van der Waals surface area contributed by atoms with Gasteiger partial charge >= 0.3 is 0 Å². The maximum Gasteiger partial charge on any atom is 0.0257 e. The number of rotatable bonds is 1. The van der Waals surface area contributed by atoms with E-state index in [2.05, 4.69) is 18.7 Å². The highest BCUT2D eigenvalue weighted by molar-refractivity contribution is 8.00. The summed E-state index contributed by atoms with van der Waals surface area (Å²) in [6.07, 6.45) is 2.84. The molecule has 1 aliphatic carbocycles. The zero-order valence-corrected chi connectivity index (χ0v) is 7.84. The average Bonchev–Trinajstić information content (AvgIpc) is 2.46. The van der Waals surface area contributed by atoms with Crippen LogP contribution in [0, 0.1) is 11.3 Å². The average molecular weight is 177 g/mol.